The Morgan fingerprint density at radius 2 is 0.948 bits per heavy atom. The minimum Gasteiger partial charge on any atom is -0.396 e. The van der Waals surface area contributed by atoms with Gasteiger partial charge in [0.1, 0.15) is 0 Å². The molecule has 0 amide bonds. The van der Waals surface area contributed by atoms with Crippen molar-refractivity contribution in [3.05, 3.63) is 45.6 Å². The molecule has 0 aliphatic heterocycles. The van der Waals surface area contributed by atoms with Gasteiger partial charge in [-0.3, -0.25) is 0 Å². The predicted molar refractivity (Wildman–Crippen MR) is 241 cm³/mol. The van der Waals surface area contributed by atoms with E-state index in [1.165, 1.54) is 103 Å². The summed E-state index contributed by atoms with van der Waals surface area (Å²) in [7, 11) is 0. The van der Waals surface area contributed by atoms with Gasteiger partial charge >= 0.3 is 0 Å². The summed E-state index contributed by atoms with van der Waals surface area (Å²) in [6, 6.07) is 0. The van der Waals surface area contributed by atoms with Crippen LogP contribution in [0.2, 0.25) is 0 Å². The molecule has 0 spiro atoms. The molecule has 0 aromatic heterocycles. The van der Waals surface area contributed by atoms with Gasteiger partial charge in [0.2, 0.25) is 0 Å². The Balaban J connectivity index is 0.000000177. The SMILES string of the molecule is C[C@@H](CO)CCC[C@@H](C)[C@]1(C)CCC2=C1CC[C@H]1[C@H]2CC=C2C[C@@H](O)CC[C@@]21C.C[C@@H](CO)CCC[C@@H](C)[C@]1(C)CCC2=C1CC[C@H]1[C@H]2CC=C2C[C@@H](O)CC[C@@]21C. The van der Waals surface area contributed by atoms with Crippen LogP contribution < -0.4 is 0 Å². The van der Waals surface area contributed by atoms with Crippen LogP contribution in [-0.4, -0.2) is 45.8 Å². The number of fused-ring (bicyclic) bond motifs is 8. The number of rotatable bonds is 12. The van der Waals surface area contributed by atoms with Crippen LogP contribution >= 0.6 is 0 Å². The molecular weight excluding hydrogens is 713 g/mol. The number of aliphatic hydroxyl groups is 4. The summed E-state index contributed by atoms with van der Waals surface area (Å²) in [5.41, 5.74) is 12.0. The van der Waals surface area contributed by atoms with Gasteiger partial charge in [-0.15, -0.1) is 0 Å². The Hall–Kier alpha value is -1.20. The highest BCUT2D eigenvalue weighted by Gasteiger charge is 2.54. The molecule has 14 atom stereocenters. The molecule has 0 unspecified atom stereocenters. The van der Waals surface area contributed by atoms with Gasteiger partial charge in [0.05, 0.1) is 12.2 Å². The Morgan fingerprint density at radius 1 is 0.552 bits per heavy atom. The molecule has 0 aromatic carbocycles. The van der Waals surface area contributed by atoms with E-state index in [1.54, 1.807) is 11.1 Å². The third-order valence-corrected chi connectivity index (χ3v) is 20.0. The summed E-state index contributed by atoms with van der Waals surface area (Å²) in [4.78, 5) is 0. The van der Waals surface area contributed by atoms with E-state index in [4.69, 9.17) is 0 Å². The first-order valence-electron chi connectivity index (χ1n) is 25.0. The molecule has 8 aliphatic carbocycles. The van der Waals surface area contributed by atoms with Crippen LogP contribution in [-0.2, 0) is 0 Å². The van der Waals surface area contributed by atoms with Crippen molar-refractivity contribution in [1.29, 1.82) is 0 Å². The normalized spacial score (nSPS) is 41.3. The van der Waals surface area contributed by atoms with Crippen molar-refractivity contribution in [3.8, 4) is 0 Å². The summed E-state index contributed by atoms with van der Waals surface area (Å²) in [5, 5.41) is 39.0. The second-order valence-corrected chi connectivity index (χ2v) is 23.1. The van der Waals surface area contributed by atoms with Gasteiger partial charge in [0.15, 0.2) is 0 Å². The zero-order valence-corrected chi connectivity index (χ0v) is 38.7. The van der Waals surface area contributed by atoms with Gasteiger partial charge in [-0.25, -0.2) is 0 Å². The first-order valence-corrected chi connectivity index (χ1v) is 25.0. The van der Waals surface area contributed by atoms with Crippen LogP contribution in [0.4, 0.5) is 0 Å². The molecule has 0 radical (unpaired) electrons. The summed E-state index contributed by atoms with van der Waals surface area (Å²) in [6.45, 7) is 20.2. The molecular formula is C54H88O4. The largest absolute Gasteiger partial charge is 0.396 e. The standard InChI is InChI=1S/2C27H44O2/c2*1-18(17-28)6-5-7-19(2)26(3)15-13-23-22-9-8-20-16-21(29)12-14-27(20,4)25(22)11-10-24(23)26/h2*8,18-19,21-22,25,28-29H,5-7,9-17H2,1-4H3/t2*18-,19-,21+,22+,25+,26+,27+/m11/s1. The Labute approximate surface area is 355 Å². The molecule has 2 saturated carbocycles. The Kier molecular flexibility index (Phi) is 13.8. The van der Waals surface area contributed by atoms with E-state index in [2.05, 4.69) is 67.5 Å². The van der Waals surface area contributed by atoms with Crippen molar-refractivity contribution in [2.24, 2.45) is 69.0 Å². The van der Waals surface area contributed by atoms with Gasteiger partial charge < -0.3 is 20.4 Å². The van der Waals surface area contributed by atoms with Gasteiger partial charge in [0.25, 0.3) is 0 Å². The number of aliphatic hydroxyl groups excluding tert-OH is 4. The maximum absolute atomic E-state index is 10.2. The first-order chi connectivity index (χ1) is 27.6. The van der Waals surface area contributed by atoms with Crippen LogP contribution in [0.3, 0.4) is 0 Å². The third kappa shape index (κ3) is 8.23. The summed E-state index contributed by atoms with van der Waals surface area (Å²) < 4.78 is 0. The Morgan fingerprint density at radius 3 is 1.33 bits per heavy atom. The lowest BCUT2D eigenvalue weighted by Crippen LogP contribution is -2.44. The lowest BCUT2D eigenvalue weighted by atomic mass is 9.52. The highest BCUT2D eigenvalue weighted by Crippen LogP contribution is 2.65. The minimum absolute atomic E-state index is 0.103. The van der Waals surface area contributed by atoms with Gasteiger partial charge in [0, 0.05) is 13.2 Å². The van der Waals surface area contributed by atoms with E-state index in [-0.39, 0.29) is 12.2 Å². The second-order valence-electron chi connectivity index (χ2n) is 23.1. The number of hydrogen-bond acceptors (Lipinski definition) is 4. The monoisotopic (exact) mass is 801 g/mol. The van der Waals surface area contributed by atoms with E-state index in [1.807, 2.05) is 22.3 Å². The lowest BCUT2D eigenvalue weighted by Gasteiger charge is -2.53. The van der Waals surface area contributed by atoms with Gasteiger partial charge in [-0.05, 0) is 197 Å². The molecule has 4 heteroatoms. The van der Waals surface area contributed by atoms with Crippen molar-refractivity contribution in [2.45, 2.75) is 209 Å². The van der Waals surface area contributed by atoms with Crippen molar-refractivity contribution >= 4 is 0 Å². The molecule has 8 aliphatic rings. The fraction of sp³-hybridized carbons (Fsp3) is 0.852. The highest BCUT2D eigenvalue weighted by molar-refractivity contribution is 5.39. The van der Waals surface area contributed by atoms with Crippen molar-refractivity contribution < 1.29 is 20.4 Å². The average Bonchev–Trinajstić information content (AvgIpc) is 3.76. The fourth-order valence-electron chi connectivity index (χ4n) is 15.4. The Bertz CT molecular complexity index is 1470. The average molecular weight is 801 g/mol. The molecule has 4 nitrogen and oxygen atoms in total. The fourth-order valence-corrected chi connectivity index (χ4v) is 15.4. The molecule has 0 saturated heterocycles. The highest BCUT2D eigenvalue weighted by atomic mass is 16.3. The van der Waals surface area contributed by atoms with E-state index in [0.29, 0.717) is 46.7 Å². The van der Waals surface area contributed by atoms with Gasteiger partial charge in [-0.1, -0.05) is 114 Å². The minimum atomic E-state index is -0.103. The van der Waals surface area contributed by atoms with Crippen LogP contribution in [0.25, 0.3) is 0 Å². The van der Waals surface area contributed by atoms with Crippen LogP contribution in [0.5, 0.6) is 0 Å². The molecule has 0 aromatic rings. The third-order valence-electron chi connectivity index (χ3n) is 20.0. The molecule has 0 bridgehead atoms. The molecule has 8 rings (SSSR count). The summed E-state index contributed by atoms with van der Waals surface area (Å²) in [5.74, 6) is 5.52. The smallest absolute Gasteiger partial charge is 0.0577 e. The maximum atomic E-state index is 10.2. The maximum Gasteiger partial charge on any atom is 0.0577 e. The molecule has 328 valence electrons. The first kappa shape index (κ1) is 44.8. The molecule has 2 fully saturated rings. The quantitative estimate of drug-likeness (QED) is 0.148. The number of hydrogen-bond donors (Lipinski definition) is 4. The second kappa shape index (κ2) is 17.9. The van der Waals surface area contributed by atoms with Crippen molar-refractivity contribution in [3.63, 3.8) is 0 Å². The van der Waals surface area contributed by atoms with E-state index < -0.39 is 0 Å². The van der Waals surface area contributed by atoms with Gasteiger partial charge in [-0.2, -0.15) is 0 Å². The molecule has 4 N–H and O–H groups in total. The molecule has 58 heavy (non-hydrogen) atoms. The van der Waals surface area contributed by atoms with Crippen molar-refractivity contribution in [2.75, 3.05) is 13.2 Å². The lowest BCUT2D eigenvalue weighted by molar-refractivity contribution is 0.0505. The van der Waals surface area contributed by atoms with E-state index >= 15 is 0 Å². The summed E-state index contributed by atoms with van der Waals surface area (Å²) >= 11 is 0. The van der Waals surface area contributed by atoms with E-state index in [9.17, 15) is 20.4 Å². The zero-order chi connectivity index (χ0) is 41.6. The van der Waals surface area contributed by atoms with Crippen LogP contribution in [0.1, 0.15) is 197 Å². The predicted octanol–water partition coefficient (Wildman–Crippen LogP) is 12.9. The molecule has 0 heterocycles. The summed E-state index contributed by atoms with van der Waals surface area (Å²) in [6.07, 6.45) is 31.6. The number of allylic oxidation sites excluding steroid dienone is 6. The van der Waals surface area contributed by atoms with Crippen LogP contribution in [0, 0.1) is 69.0 Å². The van der Waals surface area contributed by atoms with Crippen LogP contribution in [0.15, 0.2) is 45.6 Å². The van der Waals surface area contributed by atoms with E-state index in [0.717, 1.165) is 74.0 Å². The van der Waals surface area contributed by atoms with Crippen molar-refractivity contribution in [1.82, 2.24) is 0 Å². The topological polar surface area (TPSA) is 80.9 Å². The zero-order valence-electron chi connectivity index (χ0n) is 38.7.